The van der Waals surface area contributed by atoms with Crippen LogP contribution in [0.4, 0.5) is 4.79 Å². The van der Waals surface area contributed by atoms with Gasteiger partial charge in [0.2, 0.25) is 10.0 Å². The van der Waals surface area contributed by atoms with E-state index >= 15 is 0 Å². The van der Waals surface area contributed by atoms with E-state index in [9.17, 15) is 13.2 Å². The van der Waals surface area contributed by atoms with Crippen LogP contribution in [0.1, 0.15) is 30.9 Å². The van der Waals surface area contributed by atoms with E-state index in [0.29, 0.717) is 37.7 Å². The van der Waals surface area contributed by atoms with Crippen molar-refractivity contribution < 1.29 is 17.9 Å². The first-order valence-electron chi connectivity index (χ1n) is 8.06. The van der Waals surface area contributed by atoms with Crippen LogP contribution < -0.4 is 0 Å². The minimum Gasteiger partial charge on any atom is -0.450 e. The maximum absolute atomic E-state index is 12.7. The maximum atomic E-state index is 12.7. The van der Waals surface area contributed by atoms with E-state index in [0.717, 1.165) is 30.4 Å². The summed E-state index contributed by atoms with van der Waals surface area (Å²) in [5.74, 6) is 0. The van der Waals surface area contributed by atoms with Crippen molar-refractivity contribution in [1.29, 1.82) is 0 Å². The molecule has 0 spiro atoms. The molecule has 0 unspecified atom stereocenters. The molecule has 0 radical (unpaired) electrons. The van der Waals surface area contributed by atoms with Crippen LogP contribution in [0.15, 0.2) is 23.1 Å². The molecule has 1 aromatic carbocycles. The fourth-order valence-corrected chi connectivity index (χ4v) is 4.71. The summed E-state index contributed by atoms with van der Waals surface area (Å²) in [6, 6.07) is 5.28. The largest absolute Gasteiger partial charge is 0.450 e. The van der Waals surface area contributed by atoms with E-state index in [1.165, 1.54) is 0 Å². The molecule has 7 heteroatoms. The Balaban J connectivity index is 1.84. The molecular weight excluding hydrogens is 316 g/mol. The van der Waals surface area contributed by atoms with Crippen molar-refractivity contribution in [1.82, 2.24) is 9.21 Å². The van der Waals surface area contributed by atoms with E-state index < -0.39 is 10.0 Å². The quantitative estimate of drug-likeness (QED) is 0.845. The lowest BCUT2D eigenvalue weighted by molar-refractivity contribution is 0.102. The summed E-state index contributed by atoms with van der Waals surface area (Å²) in [7, 11) is -3.42. The smallest absolute Gasteiger partial charge is 0.410 e. The number of carbonyl (C=O) groups is 1. The fourth-order valence-electron chi connectivity index (χ4n) is 3.14. The lowest BCUT2D eigenvalue weighted by atomic mass is 10.0. The summed E-state index contributed by atoms with van der Waals surface area (Å²) in [5.41, 5.74) is 2.00. The highest BCUT2D eigenvalue weighted by Gasteiger charge is 2.29. The molecule has 3 rings (SSSR count). The van der Waals surface area contributed by atoms with Gasteiger partial charge in [-0.15, -0.1) is 0 Å². The number of amides is 1. The van der Waals surface area contributed by atoms with Crippen LogP contribution >= 0.6 is 0 Å². The zero-order chi connectivity index (χ0) is 16.4. The summed E-state index contributed by atoms with van der Waals surface area (Å²) in [4.78, 5) is 13.8. The van der Waals surface area contributed by atoms with Crippen molar-refractivity contribution in [2.75, 3.05) is 26.2 Å². The molecule has 0 aliphatic carbocycles. The number of carbonyl (C=O) groups excluding carboxylic acids is 1. The molecule has 2 aliphatic heterocycles. The molecule has 0 aromatic heterocycles. The molecule has 0 bridgehead atoms. The third kappa shape index (κ3) is 3.21. The molecule has 1 fully saturated rings. The second kappa shape index (κ2) is 6.49. The first-order valence-corrected chi connectivity index (χ1v) is 9.50. The molecule has 2 aliphatic rings. The monoisotopic (exact) mass is 338 g/mol. The number of hydrogen-bond acceptors (Lipinski definition) is 4. The standard InChI is InChI=1S/C16H22N2O4S/c1-2-22-16(19)17-10-7-13-5-6-15(11-14(13)12-17)23(20,21)18-8-3-4-9-18/h5-6,11H,2-4,7-10,12H2,1H3. The Labute approximate surface area is 137 Å². The SMILES string of the molecule is CCOC(=O)N1CCc2ccc(S(=O)(=O)N3CCCC3)cc2C1. The van der Waals surface area contributed by atoms with Crippen LogP contribution in [0.25, 0.3) is 0 Å². The van der Waals surface area contributed by atoms with Gasteiger partial charge < -0.3 is 9.64 Å². The molecular formula is C16H22N2O4S. The summed E-state index contributed by atoms with van der Waals surface area (Å²) >= 11 is 0. The number of nitrogens with zero attached hydrogens (tertiary/aromatic N) is 2. The van der Waals surface area contributed by atoms with Crippen molar-refractivity contribution in [2.24, 2.45) is 0 Å². The molecule has 2 heterocycles. The average molecular weight is 338 g/mol. The van der Waals surface area contributed by atoms with E-state index in [1.807, 2.05) is 6.07 Å². The molecule has 23 heavy (non-hydrogen) atoms. The number of hydrogen-bond donors (Lipinski definition) is 0. The van der Waals surface area contributed by atoms with Crippen molar-refractivity contribution in [2.45, 2.75) is 37.6 Å². The topological polar surface area (TPSA) is 66.9 Å². The van der Waals surface area contributed by atoms with Crippen LogP contribution in [-0.2, 0) is 27.7 Å². The second-order valence-electron chi connectivity index (χ2n) is 5.91. The maximum Gasteiger partial charge on any atom is 0.410 e. The summed E-state index contributed by atoms with van der Waals surface area (Å²) in [6.07, 6.45) is 2.21. The first-order chi connectivity index (χ1) is 11.0. The van der Waals surface area contributed by atoms with Gasteiger partial charge in [0, 0.05) is 26.2 Å². The predicted octanol–water partition coefficient (Wildman–Crippen LogP) is 1.99. The lowest BCUT2D eigenvalue weighted by Gasteiger charge is -2.28. The minimum absolute atomic E-state index is 0.323. The van der Waals surface area contributed by atoms with Gasteiger partial charge in [-0.1, -0.05) is 6.07 Å². The molecule has 126 valence electrons. The minimum atomic E-state index is -3.42. The van der Waals surface area contributed by atoms with Crippen LogP contribution in [0.3, 0.4) is 0 Å². The van der Waals surface area contributed by atoms with Crippen LogP contribution in [0.5, 0.6) is 0 Å². The Hall–Kier alpha value is -1.60. The fraction of sp³-hybridized carbons (Fsp3) is 0.562. The Bertz CT molecular complexity index is 696. The van der Waals surface area contributed by atoms with Gasteiger partial charge >= 0.3 is 6.09 Å². The highest BCUT2D eigenvalue weighted by atomic mass is 32.2. The third-order valence-electron chi connectivity index (χ3n) is 4.42. The Kier molecular flexibility index (Phi) is 4.59. The van der Waals surface area contributed by atoms with Gasteiger partial charge in [0.15, 0.2) is 0 Å². The number of sulfonamides is 1. The summed E-state index contributed by atoms with van der Waals surface area (Å²) < 4.78 is 31.9. The van der Waals surface area contributed by atoms with Gasteiger partial charge in [-0.3, -0.25) is 0 Å². The third-order valence-corrected chi connectivity index (χ3v) is 6.31. The number of rotatable bonds is 3. The number of benzene rings is 1. The number of ether oxygens (including phenoxy) is 1. The van der Waals surface area contributed by atoms with Gasteiger partial charge in [-0.2, -0.15) is 4.31 Å². The summed E-state index contributed by atoms with van der Waals surface area (Å²) in [5, 5.41) is 0. The molecule has 0 atom stereocenters. The zero-order valence-corrected chi connectivity index (χ0v) is 14.1. The zero-order valence-electron chi connectivity index (χ0n) is 13.3. The Morgan fingerprint density at radius 1 is 1.17 bits per heavy atom. The van der Waals surface area contributed by atoms with Crippen molar-refractivity contribution in [3.05, 3.63) is 29.3 Å². The van der Waals surface area contributed by atoms with E-state index in [1.54, 1.807) is 28.3 Å². The molecule has 6 nitrogen and oxygen atoms in total. The van der Waals surface area contributed by atoms with Crippen molar-refractivity contribution in [3.63, 3.8) is 0 Å². The van der Waals surface area contributed by atoms with Gasteiger partial charge in [0.05, 0.1) is 11.5 Å². The molecule has 0 N–H and O–H groups in total. The Morgan fingerprint density at radius 3 is 2.61 bits per heavy atom. The predicted molar refractivity (Wildman–Crippen MR) is 85.6 cm³/mol. The van der Waals surface area contributed by atoms with E-state index in [2.05, 4.69) is 0 Å². The Morgan fingerprint density at radius 2 is 1.91 bits per heavy atom. The van der Waals surface area contributed by atoms with E-state index in [4.69, 9.17) is 4.74 Å². The van der Waals surface area contributed by atoms with Crippen molar-refractivity contribution in [3.8, 4) is 0 Å². The normalized spacial score (nSPS) is 18.7. The molecule has 1 amide bonds. The van der Waals surface area contributed by atoms with E-state index in [-0.39, 0.29) is 6.09 Å². The summed E-state index contributed by atoms with van der Waals surface area (Å²) in [6.45, 7) is 4.30. The first kappa shape index (κ1) is 16.3. The molecule has 1 aromatic rings. The lowest BCUT2D eigenvalue weighted by Crippen LogP contribution is -2.36. The van der Waals surface area contributed by atoms with Gasteiger partial charge in [0.1, 0.15) is 0 Å². The van der Waals surface area contributed by atoms with Gasteiger partial charge in [-0.05, 0) is 49.4 Å². The second-order valence-corrected chi connectivity index (χ2v) is 7.85. The number of fused-ring (bicyclic) bond motifs is 1. The van der Waals surface area contributed by atoms with Gasteiger partial charge in [0.25, 0.3) is 0 Å². The molecule has 1 saturated heterocycles. The van der Waals surface area contributed by atoms with Crippen LogP contribution in [-0.4, -0.2) is 50.0 Å². The average Bonchev–Trinajstić information content (AvgIpc) is 3.09. The van der Waals surface area contributed by atoms with Crippen LogP contribution in [0.2, 0.25) is 0 Å². The highest BCUT2D eigenvalue weighted by molar-refractivity contribution is 7.89. The van der Waals surface area contributed by atoms with Crippen molar-refractivity contribution >= 4 is 16.1 Å². The molecule has 0 saturated carbocycles. The highest BCUT2D eigenvalue weighted by Crippen LogP contribution is 2.26. The van der Waals surface area contributed by atoms with Crippen LogP contribution in [0, 0.1) is 0 Å². The van der Waals surface area contributed by atoms with Gasteiger partial charge in [-0.25, -0.2) is 13.2 Å².